The minimum absolute atomic E-state index is 0.0402. The van der Waals surface area contributed by atoms with E-state index in [0.717, 1.165) is 44.8 Å². The molecule has 1 N–H and O–H groups in total. The fourth-order valence-electron chi connectivity index (χ4n) is 3.06. The highest BCUT2D eigenvalue weighted by Crippen LogP contribution is 2.20. The third-order valence-electron chi connectivity index (χ3n) is 4.65. The van der Waals surface area contributed by atoms with Gasteiger partial charge in [-0.2, -0.15) is 0 Å². The molecule has 0 unspecified atom stereocenters. The number of piperidine rings is 1. The first-order valence-electron chi connectivity index (χ1n) is 8.90. The Bertz CT molecular complexity index is 647. The molecule has 2 aromatic rings. The Kier molecular flexibility index (Phi) is 6.48. The van der Waals surface area contributed by atoms with Gasteiger partial charge in [0.1, 0.15) is 5.75 Å². The molecule has 25 heavy (non-hydrogen) atoms. The Morgan fingerprint density at radius 1 is 1.24 bits per heavy atom. The summed E-state index contributed by atoms with van der Waals surface area (Å²) in [4.78, 5) is 15.9. The van der Waals surface area contributed by atoms with Crippen molar-refractivity contribution in [2.75, 3.05) is 26.2 Å². The van der Waals surface area contributed by atoms with Crippen molar-refractivity contribution in [1.29, 1.82) is 0 Å². The fraction of sp³-hybridized carbons (Fsp3) is 0.450. The van der Waals surface area contributed by atoms with E-state index in [2.05, 4.69) is 27.7 Å². The predicted octanol–water partition coefficient (Wildman–Crippen LogP) is 3.46. The summed E-state index contributed by atoms with van der Waals surface area (Å²) in [6.07, 6.45) is 2.29. The molecule has 0 radical (unpaired) electrons. The van der Waals surface area contributed by atoms with E-state index in [0.29, 0.717) is 5.92 Å². The molecule has 0 aliphatic carbocycles. The van der Waals surface area contributed by atoms with Crippen molar-refractivity contribution in [3.63, 3.8) is 0 Å². The van der Waals surface area contributed by atoms with Gasteiger partial charge in [0, 0.05) is 18.0 Å². The standard InChI is InChI=1S/C20H26N2O2S/c1-16-4-6-18(7-5-16)24-15-20(23)21-13-17-8-10-22(11-9-17)14-19-3-2-12-25-19/h2-7,12,17H,8-11,13-15H2,1H3,(H,21,23). The van der Waals surface area contributed by atoms with Gasteiger partial charge in [0.25, 0.3) is 5.91 Å². The van der Waals surface area contributed by atoms with Crippen molar-refractivity contribution in [2.45, 2.75) is 26.3 Å². The van der Waals surface area contributed by atoms with Crippen molar-refractivity contribution in [3.8, 4) is 5.75 Å². The minimum Gasteiger partial charge on any atom is -0.484 e. The molecule has 4 nitrogen and oxygen atoms in total. The van der Waals surface area contributed by atoms with Gasteiger partial charge in [0.05, 0.1) is 0 Å². The van der Waals surface area contributed by atoms with E-state index < -0.39 is 0 Å². The quantitative estimate of drug-likeness (QED) is 0.824. The molecule has 1 saturated heterocycles. The molecule has 1 aromatic carbocycles. The van der Waals surface area contributed by atoms with Gasteiger partial charge >= 0.3 is 0 Å². The summed E-state index contributed by atoms with van der Waals surface area (Å²) < 4.78 is 5.52. The molecule has 1 aliphatic heterocycles. The molecular weight excluding hydrogens is 332 g/mol. The summed E-state index contributed by atoms with van der Waals surface area (Å²) in [6, 6.07) is 12.1. The lowest BCUT2D eigenvalue weighted by atomic mass is 9.97. The summed E-state index contributed by atoms with van der Waals surface area (Å²) in [6.45, 7) is 6.14. The third kappa shape index (κ3) is 5.87. The Labute approximate surface area is 153 Å². The van der Waals surface area contributed by atoms with Crippen LogP contribution in [0.25, 0.3) is 0 Å². The van der Waals surface area contributed by atoms with Crippen LogP contribution in [0.5, 0.6) is 5.75 Å². The van der Waals surface area contributed by atoms with E-state index in [1.165, 1.54) is 10.4 Å². The fourth-order valence-corrected chi connectivity index (χ4v) is 3.81. The molecule has 2 heterocycles. The van der Waals surface area contributed by atoms with Crippen LogP contribution >= 0.6 is 11.3 Å². The van der Waals surface area contributed by atoms with Gasteiger partial charge in [-0.1, -0.05) is 23.8 Å². The number of likely N-dealkylation sites (tertiary alicyclic amines) is 1. The number of hydrogen-bond donors (Lipinski definition) is 1. The maximum absolute atomic E-state index is 12.0. The van der Waals surface area contributed by atoms with Crippen LogP contribution in [0.2, 0.25) is 0 Å². The highest BCUT2D eigenvalue weighted by Gasteiger charge is 2.20. The summed E-state index contributed by atoms with van der Waals surface area (Å²) in [7, 11) is 0. The minimum atomic E-state index is -0.0402. The van der Waals surface area contributed by atoms with Crippen LogP contribution in [0.1, 0.15) is 23.3 Å². The van der Waals surface area contributed by atoms with E-state index in [9.17, 15) is 4.79 Å². The predicted molar refractivity (Wildman–Crippen MR) is 102 cm³/mol. The Morgan fingerprint density at radius 2 is 2.00 bits per heavy atom. The van der Waals surface area contributed by atoms with E-state index in [-0.39, 0.29) is 12.5 Å². The van der Waals surface area contributed by atoms with Gasteiger partial charge in [-0.15, -0.1) is 11.3 Å². The van der Waals surface area contributed by atoms with Crippen LogP contribution in [0.3, 0.4) is 0 Å². The SMILES string of the molecule is Cc1ccc(OCC(=O)NCC2CCN(Cc3cccs3)CC2)cc1. The van der Waals surface area contributed by atoms with Crippen LogP contribution in [0.4, 0.5) is 0 Å². The molecule has 5 heteroatoms. The molecular formula is C20H26N2O2S. The van der Waals surface area contributed by atoms with Gasteiger partial charge in [0.15, 0.2) is 6.61 Å². The number of nitrogens with one attached hydrogen (secondary N) is 1. The van der Waals surface area contributed by atoms with Crippen molar-refractivity contribution >= 4 is 17.2 Å². The first-order chi connectivity index (χ1) is 12.2. The zero-order valence-corrected chi connectivity index (χ0v) is 15.6. The van der Waals surface area contributed by atoms with Gasteiger partial charge in [-0.25, -0.2) is 0 Å². The second kappa shape index (κ2) is 9.02. The number of carbonyl (C=O) groups is 1. The third-order valence-corrected chi connectivity index (χ3v) is 5.51. The maximum Gasteiger partial charge on any atom is 0.257 e. The van der Waals surface area contributed by atoms with E-state index >= 15 is 0 Å². The largest absolute Gasteiger partial charge is 0.484 e. The number of benzene rings is 1. The highest BCUT2D eigenvalue weighted by molar-refractivity contribution is 7.09. The monoisotopic (exact) mass is 358 g/mol. The molecule has 0 spiro atoms. The number of hydrogen-bond acceptors (Lipinski definition) is 4. The van der Waals surface area contributed by atoms with Crippen LogP contribution in [0, 0.1) is 12.8 Å². The summed E-state index contributed by atoms with van der Waals surface area (Å²) in [5.41, 5.74) is 1.18. The smallest absolute Gasteiger partial charge is 0.257 e. The lowest BCUT2D eigenvalue weighted by molar-refractivity contribution is -0.123. The first-order valence-corrected chi connectivity index (χ1v) is 9.78. The van der Waals surface area contributed by atoms with Crippen LogP contribution in [0.15, 0.2) is 41.8 Å². The molecule has 134 valence electrons. The zero-order valence-electron chi connectivity index (χ0n) is 14.7. The highest BCUT2D eigenvalue weighted by atomic mass is 32.1. The van der Waals surface area contributed by atoms with Crippen LogP contribution in [-0.4, -0.2) is 37.0 Å². The number of aryl methyl sites for hydroxylation is 1. The molecule has 1 aromatic heterocycles. The molecule has 0 saturated carbocycles. The zero-order chi connectivity index (χ0) is 17.5. The molecule has 1 aliphatic rings. The van der Waals surface area contributed by atoms with Gasteiger partial charge in [0.2, 0.25) is 0 Å². The maximum atomic E-state index is 12.0. The van der Waals surface area contributed by atoms with E-state index in [1.54, 1.807) is 0 Å². The summed E-state index contributed by atoms with van der Waals surface area (Å²) in [5.74, 6) is 1.27. The number of rotatable bonds is 7. The number of carbonyl (C=O) groups excluding carboxylic acids is 1. The van der Waals surface area contributed by atoms with E-state index in [1.807, 2.05) is 42.5 Å². The first kappa shape index (κ1) is 18.0. The second-order valence-corrected chi connectivity index (χ2v) is 7.74. The Morgan fingerprint density at radius 3 is 2.68 bits per heavy atom. The number of amides is 1. The lowest BCUT2D eigenvalue weighted by Gasteiger charge is -2.31. The summed E-state index contributed by atoms with van der Waals surface area (Å²) >= 11 is 1.82. The van der Waals surface area contributed by atoms with Crippen molar-refractivity contribution in [2.24, 2.45) is 5.92 Å². The van der Waals surface area contributed by atoms with Crippen LogP contribution in [-0.2, 0) is 11.3 Å². The molecule has 0 bridgehead atoms. The number of nitrogens with zero attached hydrogens (tertiary/aromatic N) is 1. The van der Waals surface area contributed by atoms with Crippen molar-refractivity contribution < 1.29 is 9.53 Å². The molecule has 3 rings (SSSR count). The lowest BCUT2D eigenvalue weighted by Crippen LogP contribution is -2.39. The van der Waals surface area contributed by atoms with Gasteiger partial charge < -0.3 is 10.1 Å². The molecule has 1 fully saturated rings. The number of thiophene rings is 1. The van der Waals surface area contributed by atoms with Crippen LogP contribution < -0.4 is 10.1 Å². The Hall–Kier alpha value is -1.85. The second-order valence-electron chi connectivity index (χ2n) is 6.70. The summed E-state index contributed by atoms with van der Waals surface area (Å²) in [5, 5.41) is 5.15. The Balaban J connectivity index is 1.31. The number of ether oxygens (including phenoxy) is 1. The van der Waals surface area contributed by atoms with Gasteiger partial charge in [-0.05, 0) is 62.4 Å². The van der Waals surface area contributed by atoms with E-state index in [4.69, 9.17) is 4.74 Å². The average molecular weight is 359 g/mol. The normalized spacial score (nSPS) is 15.9. The molecule has 1 amide bonds. The van der Waals surface area contributed by atoms with Crippen molar-refractivity contribution in [3.05, 3.63) is 52.2 Å². The van der Waals surface area contributed by atoms with Crippen molar-refractivity contribution in [1.82, 2.24) is 10.2 Å². The van der Waals surface area contributed by atoms with Gasteiger partial charge in [-0.3, -0.25) is 9.69 Å². The molecule has 0 atom stereocenters. The average Bonchev–Trinajstić information content (AvgIpc) is 3.14. The topological polar surface area (TPSA) is 41.6 Å².